The number of halogens is 1. The number of carbonyl (C=O) groups excluding carboxylic acids is 1. The highest BCUT2D eigenvalue weighted by molar-refractivity contribution is 7.89. The lowest BCUT2D eigenvalue weighted by molar-refractivity contribution is -0.116. The van der Waals surface area contributed by atoms with E-state index < -0.39 is 15.9 Å². The largest absolute Gasteiger partial charge is 0.325 e. The Balaban J connectivity index is 1.85. The summed E-state index contributed by atoms with van der Waals surface area (Å²) >= 11 is 5.93. The molecular weight excluding hydrogens is 408 g/mol. The second-order valence-corrected chi connectivity index (χ2v) is 9.00. The third-order valence-corrected chi connectivity index (χ3v) is 6.33. The van der Waals surface area contributed by atoms with Gasteiger partial charge in [0.2, 0.25) is 15.9 Å². The molecule has 7 heteroatoms. The van der Waals surface area contributed by atoms with Crippen molar-refractivity contribution >= 4 is 33.2 Å². The maximum absolute atomic E-state index is 13.2. The first-order valence-corrected chi connectivity index (χ1v) is 10.8. The van der Waals surface area contributed by atoms with Crippen LogP contribution in [0.3, 0.4) is 0 Å². The van der Waals surface area contributed by atoms with Gasteiger partial charge in [-0.1, -0.05) is 54.1 Å². The lowest BCUT2D eigenvalue weighted by Crippen LogP contribution is -2.37. The molecule has 0 saturated carbocycles. The Kier molecular flexibility index (Phi) is 6.69. The Morgan fingerprint density at radius 2 is 1.66 bits per heavy atom. The van der Waals surface area contributed by atoms with E-state index in [1.54, 1.807) is 48.5 Å². The van der Waals surface area contributed by atoms with E-state index in [0.717, 1.165) is 15.4 Å². The van der Waals surface area contributed by atoms with E-state index in [1.165, 1.54) is 12.1 Å². The summed E-state index contributed by atoms with van der Waals surface area (Å²) in [5, 5.41) is 3.32. The highest BCUT2D eigenvalue weighted by atomic mass is 35.5. The van der Waals surface area contributed by atoms with E-state index in [2.05, 4.69) is 5.32 Å². The minimum atomic E-state index is -3.87. The minimum absolute atomic E-state index is 0.0512. The second kappa shape index (κ2) is 9.22. The van der Waals surface area contributed by atoms with Gasteiger partial charge >= 0.3 is 0 Å². The van der Waals surface area contributed by atoms with Crippen LogP contribution in [0.5, 0.6) is 0 Å². The van der Waals surface area contributed by atoms with Crippen molar-refractivity contribution in [3.05, 3.63) is 95.0 Å². The van der Waals surface area contributed by atoms with Gasteiger partial charge in [0.1, 0.15) is 0 Å². The minimum Gasteiger partial charge on any atom is -0.325 e. The molecule has 0 fully saturated rings. The van der Waals surface area contributed by atoms with Gasteiger partial charge in [-0.2, -0.15) is 4.31 Å². The molecule has 0 saturated heterocycles. The van der Waals surface area contributed by atoms with Crippen LogP contribution in [0.1, 0.15) is 11.1 Å². The van der Waals surface area contributed by atoms with Crippen molar-refractivity contribution in [1.29, 1.82) is 0 Å². The number of sulfonamides is 1. The van der Waals surface area contributed by atoms with E-state index in [1.807, 2.05) is 25.1 Å². The standard InChI is InChI=1S/C22H21ClN2O3S/c1-17-6-5-7-20(14-17)24-22(26)16-25(15-18-10-12-19(23)13-11-18)29(27,28)21-8-3-2-4-9-21/h2-14H,15-16H2,1H3,(H,24,26). The zero-order valence-corrected chi connectivity index (χ0v) is 17.5. The molecular formula is C22H21ClN2O3S. The number of benzene rings is 3. The van der Waals surface area contributed by atoms with Crippen molar-refractivity contribution in [2.75, 3.05) is 11.9 Å². The molecule has 5 nitrogen and oxygen atoms in total. The van der Waals surface area contributed by atoms with Crippen molar-refractivity contribution in [2.45, 2.75) is 18.4 Å². The lowest BCUT2D eigenvalue weighted by Gasteiger charge is -2.22. The molecule has 0 aliphatic rings. The van der Waals surface area contributed by atoms with Crippen LogP contribution in [0, 0.1) is 6.92 Å². The number of anilines is 1. The van der Waals surface area contributed by atoms with Gasteiger partial charge in [-0.25, -0.2) is 8.42 Å². The number of hydrogen-bond donors (Lipinski definition) is 1. The molecule has 0 aliphatic heterocycles. The molecule has 0 spiro atoms. The average Bonchev–Trinajstić information content (AvgIpc) is 2.70. The fourth-order valence-corrected chi connectivity index (χ4v) is 4.38. The molecule has 3 aromatic carbocycles. The van der Waals surface area contributed by atoms with Gasteiger partial charge in [0, 0.05) is 17.3 Å². The van der Waals surface area contributed by atoms with Crippen LogP contribution in [0.4, 0.5) is 5.69 Å². The normalized spacial score (nSPS) is 11.4. The number of aryl methyl sites for hydroxylation is 1. The van der Waals surface area contributed by atoms with E-state index in [0.29, 0.717) is 10.7 Å². The zero-order chi connectivity index (χ0) is 20.9. The predicted octanol–water partition coefficient (Wildman–Crippen LogP) is 4.48. The molecule has 0 bridgehead atoms. The van der Waals surface area contributed by atoms with Crippen LogP contribution in [0.25, 0.3) is 0 Å². The van der Waals surface area contributed by atoms with Crippen LogP contribution in [0.15, 0.2) is 83.8 Å². The molecule has 0 heterocycles. The molecule has 0 unspecified atom stereocenters. The Labute approximate surface area is 176 Å². The highest BCUT2D eigenvalue weighted by Crippen LogP contribution is 2.20. The van der Waals surface area contributed by atoms with Gasteiger partial charge in [-0.3, -0.25) is 4.79 Å². The van der Waals surface area contributed by atoms with Crippen molar-refractivity contribution in [3.8, 4) is 0 Å². The summed E-state index contributed by atoms with van der Waals surface area (Å²) in [5.41, 5.74) is 2.36. The topological polar surface area (TPSA) is 66.5 Å². The number of hydrogen-bond acceptors (Lipinski definition) is 3. The first-order valence-electron chi connectivity index (χ1n) is 9.01. The fraction of sp³-hybridized carbons (Fsp3) is 0.136. The van der Waals surface area contributed by atoms with Crippen LogP contribution in [0.2, 0.25) is 5.02 Å². The number of amides is 1. The van der Waals surface area contributed by atoms with Crippen LogP contribution in [-0.4, -0.2) is 25.2 Å². The Hall–Kier alpha value is -2.67. The third kappa shape index (κ3) is 5.67. The maximum Gasteiger partial charge on any atom is 0.243 e. The van der Waals surface area contributed by atoms with Crippen molar-refractivity contribution in [1.82, 2.24) is 4.31 Å². The number of rotatable bonds is 7. The molecule has 150 valence electrons. The van der Waals surface area contributed by atoms with E-state index in [4.69, 9.17) is 11.6 Å². The van der Waals surface area contributed by atoms with Crippen LogP contribution >= 0.6 is 11.6 Å². The first kappa shape index (κ1) is 21.0. The smallest absolute Gasteiger partial charge is 0.243 e. The summed E-state index contributed by atoms with van der Waals surface area (Å²) in [6.45, 7) is 1.66. The monoisotopic (exact) mass is 428 g/mol. The number of carbonyl (C=O) groups is 1. The summed E-state index contributed by atoms with van der Waals surface area (Å²) in [6.07, 6.45) is 0. The van der Waals surface area contributed by atoms with Crippen molar-refractivity contribution in [3.63, 3.8) is 0 Å². The fourth-order valence-electron chi connectivity index (χ4n) is 2.84. The molecule has 29 heavy (non-hydrogen) atoms. The molecule has 0 atom stereocenters. The Morgan fingerprint density at radius 1 is 0.966 bits per heavy atom. The number of nitrogens with one attached hydrogen (secondary N) is 1. The third-order valence-electron chi connectivity index (χ3n) is 4.27. The summed E-state index contributed by atoms with van der Waals surface area (Å²) in [5.74, 6) is -0.413. The molecule has 0 radical (unpaired) electrons. The Bertz CT molecular complexity index is 1080. The van der Waals surface area contributed by atoms with Gasteiger partial charge in [0.05, 0.1) is 11.4 Å². The Morgan fingerprint density at radius 3 is 2.31 bits per heavy atom. The summed E-state index contributed by atoms with van der Waals surface area (Å²) < 4.78 is 27.5. The molecule has 1 N–H and O–H groups in total. The van der Waals surface area contributed by atoms with E-state index >= 15 is 0 Å². The highest BCUT2D eigenvalue weighted by Gasteiger charge is 2.26. The molecule has 3 rings (SSSR count). The second-order valence-electron chi connectivity index (χ2n) is 6.63. The molecule has 0 aliphatic carbocycles. The van der Waals surface area contributed by atoms with Gasteiger partial charge < -0.3 is 5.32 Å². The van der Waals surface area contributed by atoms with Gasteiger partial charge in [-0.05, 0) is 54.4 Å². The predicted molar refractivity (Wildman–Crippen MR) is 115 cm³/mol. The van der Waals surface area contributed by atoms with E-state index in [-0.39, 0.29) is 18.0 Å². The van der Waals surface area contributed by atoms with Crippen molar-refractivity contribution < 1.29 is 13.2 Å². The SMILES string of the molecule is Cc1cccc(NC(=O)CN(Cc2ccc(Cl)cc2)S(=O)(=O)c2ccccc2)c1. The lowest BCUT2D eigenvalue weighted by atomic mass is 10.2. The van der Waals surface area contributed by atoms with Gasteiger partial charge in [0.15, 0.2) is 0 Å². The summed E-state index contributed by atoms with van der Waals surface area (Å²) in [4.78, 5) is 12.8. The van der Waals surface area contributed by atoms with Crippen molar-refractivity contribution in [2.24, 2.45) is 0 Å². The zero-order valence-electron chi connectivity index (χ0n) is 15.9. The van der Waals surface area contributed by atoms with Crippen LogP contribution < -0.4 is 5.32 Å². The summed E-state index contributed by atoms with van der Waals surface area (Å²) in [7, 11) is -3.87. The maximum atomic E-state index is 13.2. The van der Waals surface area contributed by atoms with E-state index in [9.17, 15) is 13.2 Å². The molecule has 3 aromatic rings. The van der Waals surface area contributed by atoms with Gasteiger partial charge in [-0.15, -0.1) is 0 Å². The first-order chi connectivity index (χ1) is 13.8. The van der Waals surface area contributed by atoms with Gasteiger partial charge in [0.25, 0.3) is 0 Å². The molecule has 0 aromatic heterocycles. The number of nitrogens with zero attached hydrogens (tertiary/aromatic N) is 1. The summed E-state index contributed by atoms with van der Waals surface area (Å²) in [6, 6.07) is 22.3. The quantitative estimate of drug-likeness (QED) is 0.603. The molecule has 1 amide bonds. The van der Waals surface area contributed by atoms with Crippen LogP contribution in [-0.2, 0) is 21.4 Å². The average molecular weight is 429 g/mol.